The molecule has 8 heteroatoms. The Bertz CT molecular complexity index is 949. The van der Waals surface area contributed by atoms with Gasteiger partial charge in [0.2, 0.25) is 0 Å². The van der Waals surface area contributed by atoms with Gasteiger partial charge in [0.15, 0.2) is 0 Å². The van der Waals surface area contributed by atoms with Crippen LogP contribution in [0.3, 0.4) is 0 Å². The number of amides is 1. The van der Waals surface area contributed by atoms with Crippen molar-refractivity contribution in [1.29, 1.82) is 0 Å². The van der Waals surface area contributed by atoms with Crippen LogP contribution in [0.4, 0.5) is 0 Å². The molecule has 1 aromatic rings. The highest BCUT2D eigenvalue weighted by atomic mass is 35.5. The first-order valence-corrected chi connectivity index (χ1v) is 11.1. The molecule has 1 aromatic carbocycles. The van der Waals surface area contributed by atoms with E-state index in [9.17, 15) is 14.7 Å². The zero-order valence-corrected chi connectivity index (χ0v) is 19.1. The van der Waals surface area contributed by atoms with E-state index in [0.717, 1.165) is 5.56 Å². The van der Waals surface area contributed by atoms with Crippen molar-refractivity contribution in [3.05, 3.63) is 68.8 Å². The second kappa shape index (κ2) is 9.08. The number of fused-ring (bicyclic) bond motifs is 1. The predicted molar refractivity (Wildman–Crippen MR) is 120 cm³/mol. The minimum absolute atomic E-state index is 0.0959. The first-order valence-electron chi connectivity index (χ1n) is 9.43. The van der Waals surface area contributed by atoms with Crippen molar-refractivity contribution >= 4 is 46.8 Å². The fourth-order valence-corrected chi connectivity index (χ4v) is 4.59. The minimum Gasteiger partial charge on any atom is -0.492 e. The van der Waals surface area contributed by atoms with Crippen LogP contribution in [0.15, 0.2) is 53.2 Å². The van der Waals surface area contributed by atoms with Gasteiger partial charge in [-0.25, -0.2) is 4.79 Å². The number of hydrogen-bond donors (Lipinski definition) is 2. The molecule has 3 unspecified atom stereocenters. The number of aliphatic carboxylic acids is 1. The largest absolute Gasteiger partial charge is 0.492 e. The molecule has 2 N–H and O–H groups in total. The fourth-order valence-electron chi connectivity index (χ4n) is 3.28. The van der Waals surface area contributed by atoms with E-state index in [2.05, 4.69) is 5.32 Å². The molecule has 1 aliphatic carbocycles. The van der Waals surface area contributed by atoms with Gasteiger partial charge in [-0.3, -0.25) is 4.79 Å². The molecule has 0 bridgehead atoms. The lowest BCUT2D eigenvalue weighted by molar-refractivity contribution is -0.144. The summed E-state index contributed by atoms with van der Waals surface area (Å²) in [5.41, 5.74) is 0.502. The van der Waals surface area contributed by atoms with E-state index >= 15 is 0 Å². The Labute approximate surface area is 190 Å². The molecular formula is C22H23Cl2NO4S. The van der Waals surface area contributed by atoms with E-state index in [1.54, 1.807) is 50.7 Å². The van der Waals surface area contributed by atoms with Gasteiger partial charge in [0.25, 0.3) is 5.91 Å². The van der Waals surface area contributed by atoms with Crippen molar-refractivity contribution in [2.24, 2.45) is 11.3 Å². The summed E-state index contributed by atoms with van der Waals surface area (Å²) >= 11 is 13.7. The number of allylic oxidation sites excluding steroid dienone is 1. The normalized spacial score (nSPS) is 21.4. The quantitative estimate of drug-likeness (QED) is 0.601. The van der Waals surface area contributed by atoms with Crippen LogP contribution in [-0.2, 0) is 20.9 Å². The molecule has 5 nitrogen and oxygen atoms in total. The van der Waals surface area contributed by atoms with Gasteiger partial charge >= 0.3 is 5.97 Å². The van der Waals surface area contributed by atoms with Crippen LogP contribution in [0.25, 0.3) is 0 Å². The monoisotopic (exact) mass is 467 g/mol. The van der Waals surface area contributed by atoms with Crippen LogP contribution in [-0.4, -0.2) is 28.3 Å². The Morgan fingerprint density at radius 2 is 1.97 bits per heavy atom. The van der Waals surface area contributed by atoms with E-state index in [1.807, 2.05) is 23.6 Å². The number of carbonyl (C=O) groups excluding carboxylic acids is 1. The molecule has 0 saturated heterocycles. The lowest BCUT2D eigenvalue weighted by atomic mass is 9.86. The van der Waals surface area contributed by atoms with Crippen molar-refractivity contribution in [2.45, 2.75) is 38.7 Å². The van der Waals surface area contributed by atoms with Gasteiger partial charge in [-0.05, 0) is 34.6 Å². The van der Waals surface area contributed by atoms with Crippen LogP contribution in [0.5, 0.6) is 0 Å². The third kappa shape index (κ3) is 5.05. The van der Waals surface area contributed by atoms with E-state index in [4.69, 9.17) is 27.9 Å². The van der Waals surface area contributed by atoms with E-state index in [1.165, 1.54) is 0 Å². The average molecular weight is 468 g/mol. The van der Waals surface area contributed by atoms with Crippen LogP contribution in [0.1, 0.15) is 26.3 Å². The van der Waals surface area contributed by atoms with Crippen LogP contribution < -0.4 is 5.32 Å². The topological polar surface area (TPSA) is 75.6 Å². The molecule has 0 radical (unpaired) electrons. The second-order valence-electron chi connectivity index (χ2n) is 8.24. The molecule has 160 valence electrons. The summed E-state index contributed by atoms with van der Waals surface area (Å²) < 4.78 is 6.09. The minimum atomic E-state index is -1.08. The summed E-state index contributed by atoms with van der Waals surface area (Å²) in [6.45, 7) is 5.52. The van der Waals surface area contributed by atoms with Gasteiger partial charge < -0.3 is 15.2 Å². The number of halogens is 2. The summed E-state index contributed by atoms with van der Waals surface area (Å²) in [5, 5.41) is 15.2. The number of carbonyl (C=O) groups is 2. The van der Waals surface area contributed by atoms with Gasteiger partial charge in [-0.1, -0.05) is 62.2 Å². The Morgan fingerprint density at radius 1 is 1.23 bits per heavy atom. The SMILES string of the molecule is CC(C)(C)C(NC(=O)C1=C(OCc2ccc(Cl)c(Cl)c2)C2C=CSC2C=C1)C(=O)O. The smallest absolute Gasteiger partial charge is 0.326 e. The highest BCUT2D eigenvalue weighted by Gasteiger charge is 2.37. The van der Waals surface area contributed by atoms with Crippen LogP contribution in [0.2, 0.25) is 10.0 Å². The fraction of sp³-hybridized carbons (Fsp3) is 0.364. The highest BCUT2D eigenvalue weighted by Crippen LogP contribution is 2.41. The van der Waals surface area contributed by atoms with Crippen molar-refractivity contribution in [3.8, 4) is 0 Å². The van der Waals surface area contributed by atoms with Crippen molar-refractivity contribution in [2.75, 3.05) is 0 Å². The Morgan fingerprint density at radius 3 is 2.60 bits per heavy atom. The standard InChI is InChI=1S/C22H23Cl2NO4S/c1-22(2,3)19(21(27)28)25-20(26)14-5-7-17-13(8-9-30-17)18(14)29-11-12-4-6-15(23)16(24)10-12/h4-10,13,17,19H,11H2,1-3H3,(H,25,26)(H,27,28). The van der Waals surface area contributed by atoms with E-state index in [0.29, 0.717) is 21.4 Å². The number of thioether (sulfide) groups is 1. The molecule has 0 saturated carbocycles. The maximum atomic E-state index is 13.0. The Hall–Kier alpha value is -1.89. The first kappa shape index (κ1) is 22.8. The van der Waals surface area contributed by atoms with Crippen molar-refractivity contribution in [1.82, 2.24) is 5.32 Å². The number of ether oxygens (including phenoxy) is 1. The third-order valence-electron chi connectivity index (χ3n) is 4.91. The van der Waals surface area contributed by atoms with Crippen LogP contribution in [0, 0.1) is 11.3 Å². The Kier molecular flexibility index (Phi) is 6.90. The summed E-state index contributed by atoms with van der Waals surface area (Å²) in [4.78, 5) is 24.7. The molecule has 0 spiro atoms. The average Bonchev–Trinajstić information content (AvgIpc) is 3.14. The summed E-state index contributed by atoms with van der Waals surface area (Å²) in [7, 11) is 0. The van der Waals surface area contributed by atoms with Gasteiger partial charge in [-0.15, -0.1) is 11.8 Å². The number of benzene rings is 1. The first-order chi connectivity index (χ1) is 14.1. The molecular weight excluding hydrogens is 445 g/mol. The molecule has 30 heavy (non-hydrogen) atoms. The van der Waals surface area contributed by atoms with Crippen molar-refractivity contribution in [3.63, 3.8) is 0 Å². The zero-order valence-electron chi connectivity index (χ0n) is 16.8. The lowest BCUT2D eigenvalue weighted by Gasteiger charge is -2.30. The second-order valence-corrected chi connectivity index (χ2v) is 10.1. The maximum absolute atomic E-state index is 13.0. The van der Waals surface area contributed by atoms with Crippen LogP contribution >= 0.6 is 35.0 Å². The number of carboxylic acid groups (broad SMARTS) is 1. The number of hydrogen-bond acceptors (Lipinski definition) is 4. The van der Waals surface area contributed by atoms with E-state index in [-0.39, 0.29) is 17.8 Å². The summed E-state index contributed by atoms with van der Waals surface area (Å²) in [6.07, 6.45) is 5.65. The number of rotatable bonds is 6. The number of nitrogens with one attached hydrogen (secondary N) is 1. The van der Waals surface area contributed by atoms with Gasteiger partial charge in [0.05, 0.1) is 21.5 Å². The van der Waals surface area contributed by atoms with Gasteiger partial charge in [0, 0.05) is 5.25 Å². The summed E-state index contributed by atoms with van der Waals surface area (Å²) in [6, 6.07) is 4.19. The summed E-state index contributed by atoms with van der Waals surface area (Å²) in [5.74, 6) is -1.13. The van der Waals surface area contributed by atoms with Gasteiger partial charge in [-0.2, -0.15) is 0 Å². The molecule has 1 aliphatic heterocycles. The molecule has 1 amide bonds. The van der Waals surface area contributed by atoms with E-state index < -0.39 is 23.3 Å². The third-order valence-corrected chi connectivity index (χ3v) is 6.73. The highest BCUT2D eigenvalue weighted by molar-refractivity contribution is 8.03. The molecule has 3 rings (SSSR count). The van der Waals surface area contributed by atoms with Gasteiger partial charge in [0.1, 0.15) is 18.4 Å². The predicted octanol–water partition coefficient (Wildman–Crippen LogP) is 5.19. The molecule has 3 atom stereocenters. The van der Waals surface area contributed by atoms with Crippen molar-refractivity contribution < 1.29 is 19.4 Å². The maximum Gasteiger partial charge on any atom is 0.326 e. The number of carboxylic acids is 1. The molecule has 0 aromatic heterocycles. The Balaban J connectivity index is 1.88. The zero-order chi connectivity index (χ0) is 22.1. The molecule has 0 fully saturated rings. The lowest BCUT2D eigenvalue weighted by Crippen LogP contribution is -2.49. The molecule has 1 heterocycles. The molecule has 2 aliphatic rings.